The maximum atomic E-state index is 12.7. The molecule has 1 saturated heterocycles. The molecule has 0 aromatic carbocycles. The molecule has 0 radical (unpaired) electrons. The van der Waals surface area contributed by atoms with E-state index < -0.39 is 0 Å². The van der Waals surface area contributed by atoms with Crippen molar-refractivity contribution < 1.29 is 9.59 Å². The van der Waals surface area contributed by atoms with Crippen LogP contribution >= 0.6 is 0 Å². The number of hydrogen-bond acceptors (Lipinski definition) is 5. The number of hydrogen-bond donors (Lipinski definition) is 2. The van der Waals surface area contributed by atoms with E-state index in [1.807, 2.05) is 4.90 Å². The van der Waals surface area contributed by atoms with Gasteiger partial charge in [-0.1, -0.05) is 24.5 Å². The Hall–Kier alpha value is -1.99. The number of aromatic nitrogens is 4. The van der Waals surface area contributed by atoms with E-state index in [2.05, 4.69) is 25.9 Å². The van der Waals surface area contributed by atoms with Crippen LogP contribution in [0.1, 0.15) is 57.2 Å². The minimum atomic E-state index is -0.287. The second-order valence-electron chi connectivity index (χ2n) is 6.75. The zero-order chi connectivity index (χ0) is 16.8. The van der Waals surface area contributed by atoms with Crippen LogP contribution in [-0.2, 0) is 16.0 Å². The molecule has 2 N–H and O–H groups in total. The molecule has 1 aliphatic heterocycles. The molecule has 8 nitrogen and oxygen atoms in total. The summed E-state index contributed by atoms with van der Waals surface area (Å²) in [6.45, 7) is 1.28. The van der Waals surface area contributed by atoms with Crippen molar-refractivity contribution in [1.82, 2.24) is 30.8 Å². The van der Waals surface area contributed by atoms with E-state index in [1.54, 1.807) is 0 Å². The van der Waals surface area contributed by atoms with E-state index in [9.17, 15) is 9.59 Å². The second kappa shape index (κ2) is 8.21. The van der Waals surface area contributed by atoms with Gasteiger partial charge in [0.05, 0.1) is 0 Å². The summed E-state index contributed by atoms with van der Waals surface area (Å²) >= 11 is 0. The number of rotatable bonds is 6. The molecule has 1 aromatic rings. The lowest BCUT2D eigenvalue weighted by atomic mass is 9.88. The Morgan fingerprint density at radius 2 is 2.00 bits per heavy atom. The number of H-pyrrole nitrogens is 1. The molecular formula is C16H26N6O2. The number of carbonyl (C=O) groups is 2. The van der Waals surface area contributed by atoms with Crippen LogP contribution in [0.25, 0.3) is 0 Å². The number of amides is 2. The van der Waals surface area contributed by atoms with Crippen LogP contribution in [0.5, 0.6) is 0 Å². The minimum Gasteiger partial charge on any atom is -0.354 e. The smallest absolute Gasteiger partial charge is 0.242 e. The van der Waals surface area contributed by atoms with E-state index in [1.165, 1.54) is 6.42 Å². The highest BCUT2D eigenvalue weighted by molar-refractivity contribution is 5.89. The van der Waals surface area contributed by atoms with Gasteiger partial charge in [-0.15, -0.1) is 10.2 Å². The van der Waals surface area contributed by atoms with E-state index in [0.717, 1.165) is 51.5 Å². The second-order valence-corrected chi connectivity index (χ2v) is 6.75. The third-order valence-electron chi connectivity index (χ3n) is 5.06. The van der Waals surface area contributed by atoms with Crippen LogP contribution in [0, 0.1) is 5.92 Å². The predicted octanol–water partition coefficient (Wildman–Crippen LogP) is 0.820. The maximum Gasteiger partial charge on any atom is 0.242 e. The molecule has 2 aliphatic rings. The van der Waals surface area contributed by atoms with E-state index in [0.29, 0.717) is 18.8 Å². The summed E-state index contributed by atoms with van der Waals surface area (Å²) in [4.78, 5) is 27.0. The Balaban J connectivity index is 1.45. The third-order valence-corrected chi connectivity index (χ3v) is 5.06. The monoisotopic (exact) mass is 334 g/mol. The molecule has 1 unspecified atom stereocenters. The fourth-order valence-corrected chi connectivity index (χ4v) is 3.75. The Morgan fingerprint density at radius 3 is 2.75 bits per heavy atom. The molecule has 2 amide bonds. The average molecular weight is 334 g/mol. The quantitative estimate of drug-likeness (QED) is 0.750. The van der Waals surface area contributed by atoms with Crippen LogP contribution in [0.3, 0.4) is 0 Å². The van der Waals surface area contributed by atoms with Crippen molar-refractivity contribution in [2.24, 2.45) is 5.92 Å². The Kier molecular flexibility index (Phi) is 5.77. The summed E-state index contributed by atoms with van der Waals surface area (Å²) in [6.07, 6.45) is 8.58. The SMILES string of the molecule is O=C(NCCCc1nn[nH]n1)C1CCCN1C(=O)C1CCCCC1. The van der Waals surface area contributed by atoms with Crippen molar-refractivity contribution in [3.05, 3.63) is 5.82 Å². The fourth-order valence-electron chi connectivity index (χ4n) is 3.75. The Morgan fingerprint density at radius 1 is 1.17 bits per heavy atom. The summed E-state index contributed by atoms with van der Waals surface area (Å²) in [7, 11) is 0. The van der Waals surface area contributed by atoms with Gasteiger partial charge in [0.25, 0.3) is 0 Å². The van der Waals surface area contributed by atoms with Crippen molar-refractivity contribution in [3.8, 4) is 0 Å². The molecule has 8 heteroatoms. The molecule has 2 fully saturated rings. The summed E-state index contributed by atoms with van der Waals surface area (Å²) < 4.78 is 0. The molecular weight excluding hydrogens is 308 g/mol. The largest absolute Gasteiger partial charge is 0.354 e. The van der Waals surface area contributed by atoms with Gasteiger partial charge in [0.2, 0.25) is 11.8 Å². The fraction of sp³-hybridized carbons (Fsp3) is 0.812. The molecule has 3 rings (SSSR count). The summed E-state index contributed by atoms with van der Waals surface area (Å²) in [6, 6.07) is -0.287. The molecule has 0 spiro atoms. The van der Waals surface area contributed by atoms with Gasteiger partial charge in [0.15, 0.2) is 5.82 Å². The van der Waals surface area contributed by atoms with E-state index >= 15 is 0 Å². The molecule has 1 aromatic heterocycles. The van der Waals surface area contributed by atoms with Crippen LogP contribution in [-0.4, -0.2) is 56.5 Å². The number of nitrogens with zero attached hydrogens (tertiary/aromatic N) is 4. The molecule has 1 aliphatic carbocycles. The summed E-state index contributed by atoms with van der Waals surface area (Å²) in [5.41, 5.74) is 0. The van der Waals surface area contributed by atoms with Crippen LogP contribution < -0.4 is 5.32 Å². The lowest BCUT2D eigenvalue weighted by Crippen LogP contribution is -2.48. The van der Waals surface area contributed by atoms with Crippen molar-refractivity contribution in [2.75, 3.05) is 13.1 Å². The minimum absolute atomic E-state index is 0.0234. The normalized spacial score (nSPS) is 21.8. The van der Waals surface area contributed by atoms with Crippen molar-refractivity contribution in [3.63, 3.8) is 0 Å². The first-order valence-corrected chi connectivity index (χ1v) is 9.06. The van der Waals surface area contributed by atoms with Crippen LogP contribution in [0.4, 0.5) is 0 Å². The zero-order valence-corrected chi connectivity index (χ0v) is 14.0. The number of nitrogens with one attached hydrogen (secondary N) is 2. The van der Waals surface area contributed by atoms with Crippen molar-refractivity contribution in [1.29, 1.82) is 0 Å². The molecule has 132 valence electrons. The first-order chi connectivity index (χ1) is 11.8. The highest BCUT2D eigenvalue weighted by Crippen LogP contribution is 2.28. The number of aryl methyl sites for hydroxylation is 1. The summed E-state index contributed by atoms with van der Waals surface area (Å²) in [5, 5.41) is 16.6. The van der Waals surface area contributed by atoms with Gasteiger partial charge in [0.1, 0.15) is 6.04 Å². The highest BCUT2D eigenvalue weighted by Gasteiger charge is 2.37. The molecule has 1 saturated carbocycles. The van der Waals surface area contributed by atoms with Crippen LogP contribution in [0.15, 0.2) is 0 Å². The summed E-state index contributed by atoms with van der Waals surface area (Å²) in [5.74, 6) is 0.952. The topological polar surface area (TPSA) is 104 Å². The molecule has 1 atom stereocenters. The lowest BCUT2D eigenvalue weighted by molar-refractivity contribution is -0.142. The third kappa shape index (κ3) is 4.10. The van der Waals surface area contributed by atoms with Crippen molar-refractivity contribution in [2.45, 2.75) is 63.8 Å². The molecule has 0 bridgehead atoms. The number of tetrazole rings is 1. The Labute approximate surface area is 141 Å². The van der Waals surface area contributed by atoms with Gasteiger partial charge >= 0.3 is 0 Å². The first-order valence-electron chi connectivity index (χ1n) is 9.06. The van der Waals surface area contributed by atoms with Gasteiger partial charge in [-0.25, -0.2) is 0 Å². The van der Waals surface area contributed by atoms with E-state index in [4.69, 9.17) is 0 Å². The van der Waals surface area contributed by atoms with Crippen molar-refractivity contribution >= 4 is 11.8 Å². The molecule has 2 heterocycles. The number of carbonyl (C=O) groups excluding carboxylic acids is 2. The first kappa shape index (κ1) is 16.9. The van der Waals surface area contributed by atoms with Gasteiger partial charge in [-0.3, -0.25) is 9.59 Å². The van der Waals surface area contributed by atoms with Gasteiger partial charge in [0, 0.05) is 25.4 Å². The standard InChI is InChI=1S/C16H26N6O2/c23-15(17-10-4-9-14-18-20-21-19-14)13-8-5-11-22(13)16(24)12-6-2-1-3-7-12/h12-13H,1-11H2,(H,17,23)(H,18,19,20,21). The molecule has 24 heavy (non-hydrogen) atoms. The lowest BCUT2D eigenvalue weighted by Gasteiger charge is -2.30. The highest BCUT2D eigenvalue weighted by atomic mass is 16.2. The van der Waals surface area contributed by atoms with E-state index in [-0.39, 0.29) is 23.8 Å². The van der Waals surface area contributed by atoms with Gasteiger partial charge in [-0.2, -0.15) is 5.21 Å². The predicted molar refractivity (Wildman–Crippen MR) is 86.8 cm³/mol. The maximum absolute atomic E-state index is 12.7. The zero-order valence-electron chi connectivity index (χ0n) is 14.0. The Bertz CT molecular complexity index is 541. The number of aromatic amines is 1. The van der Waals surface area contributed by atoms with Crippen LogP contribution in [0.2, 0.25) is 0 Å². The van der Waals surface area contributed by atoms with Gasteiger partial charge in [-0.05, 0) is 32.1 Å². The average Bonchev–Trinajstić information content (AvgIpc) is 3.30. The number of likely N-dealkylation sites (tertiary alicyclic amines) is 1. The van der Waals surface area contributed by atoms with Gasteiger partial charge < -0.3 is 10.2 Å².